The van der Waals surface area contributed by atoms with Gasteiger partial charge in [0.1, 0.15) is 0 Å². The molecule has 0 spiro atoms. The van der Waals surface area contributed by atoms with E-state index in [1.165, 1.54) is 36.4 Å². The van der Waals surface area contributed by atoms with E-state index in [1.807, 2.05) is 6.07 Å². The summed E-state index contributed by atoms with van der Waals surface area (Å²) in [5, 5.41) is 10.1. The van der Waals surface area contributed by atoms with Crippen LogP contribution in [-0.2, 0) is 43.5 Å². The molecule has 1 atom stereocenters. The van der Waals surface area contributed by atoms with Crippen LogP contribution in [0.15, 0.2) is 119 Å². The number of carbonyl (C=O) groups is 3. The van der Waals surface area contributed by atoms with E-state index in [0.29, 0.717) is 27.8 Å². The highest BCUT2D eigenvalue weighted by Gasteiger charge is 2.35. The third-order valence-corrected chi connectivity index (χ3v) is 9.33. The summed E-state index contributed by atoms with van der Waals surface area (Å²) in [7, 11) is -6.64. The fourth-order valence-electron chi connectivity index (χ4n) is 4.89. The van der Waals surface area contributed by atoms with Gasteiger partial charge in [0.25, 0.3) is 0 Å². The minimum atomic E-state index is -3.33. The highest BCUT2D eigenvalue weighted by molar-refractivity contribution is 7.91. The van der Waals surface area contributed by atoms with Crippen LogP contribution >= 0.6 is 0 Å². The largest absolute Gasteiger partial charge is 0.428 e. The molecule has 0 radical (unpaired) electrons. The SMILES string of the molecule is CS(=O)(=O)c1ccc(C2=C(c3ccccc3)C(=O)OC2=O)cc1.CS(=O)(=O)c1ccc(C2=C(c3ccccc3)C(=O)OC2O)cc1. The zero-order chi connectivity index (χ0) is 33.2. The zero-order valence-electron chi connectivity index (χ0n) is 24.4. The van der Waals surface area contributed by atoms with Crippen molar-refractivity contribution in [2.45, 2.75) is 16.1 Å². The molecule has 0 saturated carbocycles. The summed E-state index contributed by atoms with van der Waals surface area (Å²) in [5.74, 6) is -2.05. The van der Waals surface area contributed by atoms with Crippen LogP contribution in [0.5, 0.6) is 0 Å². The third kappa shape index (κ3) is 6.74. The Morgan fingerprint density at radius 1 is 0.500 bits per heavy atom. The molecule has 0 aliphatic carbocycles. The molecule has 10 nitrogen and oxygen atoms in total. The number of sulfone groups is 2. The molecule has 0 aromatic heterocycles. The number of aliphatic hydroxyl groups is 1. The quantitative estimate of drug-likeness (QED) is 0.238. The predicted octanol–water partition coefficient (Wildman–Crippen LogP) is 3.96. The summed E-state index contributed by atoms with van der Waals surface area (Å²) in [4.78, 5) is 36.4. The first kappa shape index (κ1) is 32.2. The van der Waals surface area contributed by atoms with Crippen molar-refractivity contribution in [2.24, 2.45) is 0 Å². The second kappa shape index (κ2) is 12.7. The lowest BCUT2D eigenvalue weighted by molar-refractivity contribution is -0.150. The minimum absolute atomic E-state index is 0.140. The number of hydrogen-bond donors (Lipinski definition) is 1. The Bertz CT molecular complexity index is 2110. The normalized spacial score (nSPS) is 16.6. The maximum absolute atomic E-state index is 12.1. The van der Waals surface area contributed by atoms with Gasteiger partial charge in [0.05, 0.1) is 26.5 Å². The number of esters is 3. The first-order valence-electron chi connectivity index (χ1n) is 13.6. The second-order valence-electron chi connectivity index (χ2n) is 10.3. The number of rotatable bonds is 6. The van der Waals surface area contributed by atoms with Crippen molar-refractivity contribution in [3.05, 3.63) is 131 Å². The van der Waals surface area contributed by atoms with E-state index < -0.39 is 43.9 Å². The van der Waals surface area contributed by atoms with E-state index in [4.69, 9.17) is 9.47 Å². The molecule has 1 N–H and O–H groups in total. The summed E-state index contributed by atoms with van der Waals surface area (Å²) in [6.07, 6.45) is 0.847. The van der Waals surface area contributed by atoms with Crippen molar-refractivity contribution in [3.8, 4) is 0 Å². The van der Waals surface area contributed by atoms with E-state index in [-0.39, 0.29) is 26.5 Å². The van der Waals surface area contributed by atoms with Crippen LogP contribution in [0.2, 0.25) is 0 Å². The van der Waals surface area contributed by atoms with Crippen LogP contribution in [-0.4, -0.2) is 58.7 Å². The Kier molecular flexibility index (Phi) is 8.88. The average molecular weight is 659 g/mol. The summed E-state index contributed by atoms with van der Waals surface area (Å²) in [6.45, 7) is 0. The lowest BCUT2D eigenvalue weighted by Crippen LogP contribution is -2.09. The van der Waals surface area contributed by atoms with Gasteiger partial charge in [-0.05, 0) is 46.5 Å². The fourth-order valence-corrected chi connectivity index (χ4v) is 6.15. The zero-order valence-corrected chi connectivity index (χ0v) is 26.0. The predicted molar refractivity (Wildman–Crippen MR) is 169 cm³/mol. The van der Waals surface area contributed by atoms with Crippen molar-refractivity contribution in [2.75, 3.05) is 12.5 Å². The summed E-state index contributed by atoms with van der Waals surface area (Å²) in [6, 6.07) is 29.4. The van der Waals surface area contributed by atoms with Gasteiger partial charge in [-0.15, -0.1) is 0 Å². The maximum Gasteiger partial charge on any atom is 0.347 e. The second-order valence-corrected chi connectivity index (χ2v) is 14.3. The van der Waals surface area contributed by atoms with Crippen LogP contribution in [0, 0.1) is 0 Å². The van der Waals surface area contributed by atoms with Crippen molar-refractivity contribution < 1.29 is 45.8 Å². The number of aliphatic hydroxyl groups excluding tert-OH is 1. The van der Waals surface area contributed by atoms with E-state index in [0.717, 1.165) is 12.5 Å². The monoisotopic (exact) mass is 658 g/mol. The Balaban J connectivity index is 0.000000181. The third-order valence-electron chi connectivity index (χ3n) is 7.07. The summed E-state index contributed by atoms with van der Waals surface area (Å²) >= 11 is 0. The number of ether oxygens (including phenoxy) is 2. The van der Waals surface area contributed by atoms with E-state index >= 15 is 0 Å². The molecule has 0 bridgehead atoms. The standard InChI is InChI=1S/C17H14O5S.C17H12O5S/c2*1-23(20,21)13-9-7-12(8-10-13)15-14(16(18)22-17(15)19)11-5-3-2-4-6-11/h2-10,17,19H,1H3;2-10H,1H3. The molecule has 1 unspecified atom stereocenters. The van der Waals surface area contributed by atoms with Crippen molar-refractivity contribution in [3.63, 3.8) is 0 Å². The summed E-state index contributed by atoms with van der Waals surface area (Å²) < 4.78 is 55.7. The summed E-state index contributed by atoms with van der Waals surface area (Å²) in [5.41, 5.74) is 3.12. The highest BCUT2D eigenvalue weighted by Crippen LogP contribution is 2.37. The number of carbonyl (C=O) groups excluding carboxylic acids is 3. The molecule has 0 saturated heterocycles. The lowest BCUT2D eigenvalue weighted by Gasteiger charge is -2.09. The molecule has 4 aromatic carbocycles. The highest BCUT2D eigenvalue weighted by atomic mass is 32.2. The molecule has 6 rings (SSSR count). The molecule has 4 aromatic rings. The first-order chi connectivity index (χ1) is 21.8. The van der Waals surface area contributed by atoms with Gasteiger partial charge in [-0.3, -0.25) is 0 Å². The van der Waals surface area contributed by atoms with Crippen LogP contribution < -0.4 is 0 Å². The smallest absolute Gasteiger partial charge is 0.347 e. The number of cyclic esters (lactones) is 3. The van der Waals surface area contributed by atoms with Gasteiger partial charge >= 0.3 is 17.9 Å². The van der Waals surface area contributed by atoms with Gasteiger partial charge in [-0.25, -0.2) is 31.2 Å². The first-order valence-corrected chi connectivity index (χ1v) is 17.4. The van der Waals surface area contributed by atoms with E-state index in [2.05, 4.69) is 0 Å². The van der Waals surface area contributed by atoms with Gasteiger partial charge in [0.2, 0.25) is 6.29 Å². The Morgan fingerprint density at radius 3 is 1.28 bits per heavy atom. The molecule has 234 valence electrons. The molecule has 0 fully saturated rings. The van der Waals surface area contributed by atoms with E-state index in [9.17, 15) is 36.3 Å². The number of benzene rings is 4. The van der Waals surface area contributed by atoms with Crippen LogP contribution in [0.4, 0.5) is 0 Å². The molecular formula is C34H26O10S2. The number of hydrogen-bond acceptors (Lipinski definition) is 10. The molecule has 2 aliphatic rings. The van der Waals surface area contributed by atoms with Crippen molar-refractivity contribution in [1.29, 1.82) is 0 Å². The fraction of sp³-hybridized carbons (Fsp3) is 0.0882. The molecule has 2 heterocycles. The molecule has 46 heavy (non-hydrogen) atoms. The van der Waals surface area contributed by atoms with Crippen LogP contribution in [0.3, 0.4) is 0 Å². The van der Waals surface area contributed by atoms with Gasteiger partial charge < -0.3 is 14.6 Å². The van der Waals surface area contributed by atoms with Crippen molar-refractivity contribution in [1.82, 2.24) is 0 Å². The Labute approximate surface area is 265 Å². The van der Waals surface area contributed by atoms with Crippen LogP contribution in [0.25, 0.3) is 22.3 Å². The lowest BCUT2D eigenvalue weighted by atomic mass is 9.96. The molecule has 12 heteroatoms. The topological polar surface area (TPSA) is 158 Å². The van der Waals surface area contributed by atoms with Crippen molar-refractivity contribution >= 4 is 59.9 Å². The van der Waals surface area contributed by atoms with Gasteiger partial charge in [-0.1, -0.05) is 84.9 Å². The molecule has 0 amide bonds. The van der Waals surface area contributed by atoms with Gasteiger partial charge in [0.15, 0.2) is 19.7 Å². The Hall–Kier alpha value is -5.17. The molecular weight excluding hydrogens is 632 g/mol. The average Bonchev–Trinajstić information content (AvgIpc) is 3.50. The van der Waals surface area contributed by atoms with E-state index in [1.54, 1.807) is 66.7 Å². The van der Waals surface area contributed by atoms with Gasteiger partial charge in [-0.2, -0.15) is 0 Å². The van der Waals surface area contributed by atoms with Gasteiger partial charge in [0, 0.05) is 18.1 Å². The molecule has 2 aliphatic heterocycles. The minimum Gasteiger partial charge on any atom is -0.428 e. The van der Waals surface area contributed by atoms with Crippen LogP contribution in [0.1, 0.15) is 22.3 Å². The maximum atomic E-state index is 12.1. The Morgan fingerprint density at radius 2 is 0.870 bits per heavy atom.